The van der Waals surface area contributed by atoms with E-state index in [4.69, 9.17) is 4.52 Å². The second-order valence-electron chi connectivity index (χ2n) is 5.48. The molecule has 0 aliphatic carbocycles. The minimum absolute atomic E-state index is 0.429. The van der Waals surface area contributed by atoms with Gasteiger partial charge in [-0.2, -0.15) is 4.98 Å². The molecule has 0 amide bonds. The van der Waals surface area contributed by atoms with Gasteiger partial charge < -0.3 is 9.63 Å². The summed E-state index contributed by atoms with van der Waals surface area (Å²) in [5.74, 6) is 0.987. The number of carbonyl (C=O) groups is 1. The van der Waals surface area contributed by atoms with E-state index in [2.05, 4.69) is 24.0 Å². The van der Waals surface area contributed by atoms with Gasteiger partial charge in [-0.1, -0.05) is 25.4 Å². The Balaban J connectivity index is 2.00. The maximum absolute atomic E-state index is 11.4. The van der Waals surface area contributed by atoms with Gasteiger partial charge in [0.1, 0.15) is 6.04 Å². The monoisotopic (exact) mass is 281 g/mol. The van der Waals surface area contributed by atoms with Gasteiger partial charge in [0, 0.05) is 6.42 Å². The average Bonchev–Trinajstić information content (AvgIpc) is 2.87. The van der Waals surface area contributed by atoms with Crippen LogP contribution in [0.3, 0.4) is 0 Å². The van der Waals surface area contributed by atoms with Crippen LogP contribution in [0.1, 0.15) is 51.2 Å². The molecule has 1 aliphatic heterocycles. The number of carboxylic acid groups (broad SMARTS) is 1. The SMILES string of the molecule is CCCc1nc(CN2CCC(CC)CC2C(=O)O)no1. The quantitative estimate of drug-likeness (QED) is 0.860. The summed E-state index contributed by atoms with van der Waals surface area (Å²) in [6.45, 7) is 5.42. The van der Waals surface area contributed by atoms with Gasteiger partial charge in [0.15, 0.2) is 5.82 Å². The number of aliphatic carboxylic acids is 1. The number of likely N-dealkylation sites (tertiary alicyclic amines) is 1. The third-order valence-electron chi connectivity index (χ3n) is 4.00. The number of aromatic nitrogens is 2. The van der Waals surface area contributed by atoms with E-state index < -0.39 is 12.0 Å². The molecule has 6 nitrogen and oxygen atoms in total. The van der Waals surface area contributed by atoms with Crippen molar-refractivity contribution in [3.8, 4) is 0 Å². The van der Waals surface area contributed by atoms with Gasteiger partial charge in [0.05, 0.1) is 6.54 Å². The first-order valence-electron chi connectivity index (χ1n) is 7.42. The summed E-state index contributed by atoms with van der Waals surface area (Å²) in [7, 11) is 0. The van der Waals surface area contributed by atoms with Crippen LogP contribution < -0.4 is 0 Å². The third kappa shape index (κ3) is 3.56. The van der Waals surface area contributed by atoms with Crippen molar-refractivity contribution in [1.29, 1.82) is 0 Å². The zero-order valence-corrected chi connectivity index (χ0v) is 12.2. The molecule has 2 atom stereocenters. The second kappa shape index (κ2) is 6.83. The van der Waals surface area contributed by atoms with Crippen LogP contribution in [0.5, 0.6) is 0 Å². The highest BCUT2D eigenvalue weighted by molar-refractivity contribution is 5.73. The van der Waals surface area contributed by atoms with Crippen molar-refractivity contribution in [2.24, 2.45) is 5.92 Å². The van der Waals surface area contributed by atoms with Crippen molar-refractivity contribution < 1.29 is 14.4 Å². The average molecular weight is 281 g/mol. The molecule has 1 N–H and O–H groups in total. The van der Waals surface area contributed by atoms with Crippen molar-refractivity contribution in [2.45, 2.75) is 58.5 Å². The molecule has 1 fully saturated rings. The fraction of sp³-hybridized carbons (Fsp3) is 0.786. The van der Waals surface area contributed by atoms with Crippen LogP contribution >= 0.6 is 0 Å². The summed E-state index contributed by atoms with van der Waals surface area (Å²) in [4.78, 5) is 17.7. The van der Waals surface area contributed by atoms with Crippen molar-refractivity contribution in [2.75, 3.05) is 6.54 Å². The minimum atomic E-state index is -0.750. The predicted molar refractivity (Wildman–Crippen MR) is 73.1 cm³/mol. The highest BCUT2D eigenvalue weighted by atomic mass is 16.5. The van der Waals surface area contributed by atoms with Crippen molar-refractivity contribution in [3.63, 3.8) is 0 Å². The van der Waals surface area contributed by atoms with E-state index in [9.17, 15) is 9.90 Å². The van der Waals surface area contributed by atoms with Gasteiger partial charge in [-0.05, 0) is 31.7 Å². The Morgan fingerprint density at radius 3 is 2.95 bits per heavy atom. The smallest absolute Gasteiger partial charge is 0.320 e. The largest absolute Gasteiger partial charge is 0.480 e. The van der Waals surface area contributed by atoms with E-state index in [-0.39, 0.29) is 0 Å². The van der Waals surface area contributed by atoms with Crippen molar-refractivity contribution >= 4 is 5.97 Å². The zero-order chi connectivity index (χ0) is 14.5. The molecule has 1 saturated heterocycles. The lowest BCUT2D eigenvalue weighted by Crippen LogP contribution is -2.46. The highest BCUT2D eigenvalue weighted by Crippen LogP contribution is 2.26. The van der Waals surface area contributed by atoms with Crippen LogP contribution in [-0.2, 0) is 17.8 Å². The predicted octanol–water partition coefficient (Wildman–Crippen LogP) is 2.10. The standard InChI is InChI=1S/C14H23N3O3/c1-3-5-13-15-12(16-20-13)9-17-7-6-10(4-2)8-11(17)14(18)19/h10-11H,3-9H2,1-2H3,(H,18,19). The number of carboxylic acids is 1. The lowest BCUT2D eigenvalue weighted by Gasteiger charge is -2.36. The molecule has 0 spiro atoms. The third-order valence-corrected chi connectivity index (χ3v) is 4.00. The number of hydrogen-bond acceptors (Lipinski definition) is 5. The van der Waals surface area contributed by atoms with Gasteiger partial charge in [-0.25, -0.2) is 0 Å². The summed E-state index contributed by atoms with van der Waals surface area (Å²) >= 11 is 0. The first-order valence-corrected chi connectivity index (χ1v) is 7.42. The topological polar surface area (TPSA) is 79.5 Å². The number of aryl methyl sites for hydroxylation is 1. The molecule has 2 unspecified atom stereocenters. The summed E-state index contributed by atoms with van der Waals surface area (Å²) in [6, 6.07) is -0.429. The first-order chi connectivity index (χ1) is 9.63. The molecule has 1 aliphatic rings. The van der Waals surface area contributed by atoms with Crippen LogP contribution in [0.2, 0.25) is 0 Å². The van der Waals surface area contributed by atoms with Crippen LogP contribution in [-0.4, -0.2) is 38.7 Å². The Morgan fingerprint density at radius 2 is 2.30 bits per heavy atom. The maximum Gasteiger partial charge on any atom is 0.320 e. The van der Waals surface area contributed by atoms with E-state index in [0.717, 1.165) is 32.2 Å². The molecular formula is C14H23N3O3. The molecule has 1 aromatic heterocycles. The molecular weight excluding hydrogens is 258 g/mol. The Labute approximate surface area is 119 Å². The highest BCUT2D eigenvalue weighted by Gasteiger charge is 2.33. The second-order valence-corrected chi connectivity index (χ2v) is 5.48. The molecule has 2 heterocycles. The Morgan fingerprint density at radius 1 is 1.50 bits per heavy atom. The van der Waals surface area contributed by atoms with E-state index in [1.807, 2.05) is 4.90 Å². The number of hydrogen-bond donors (Lipinski definition) is 1. The van der Waals surface area contributed by atoms with Crippen molar-refractivity contribution in [1.82, 2.24) is 15.0 Å². The number of rotatable bonds is 6. The molecule has 0 saturated carbocycles. The molecule has 112 valence electrons. The summed E-state index contributed by atoms with van der Waals surface area (Å²) in [5.41, 5.74) is 0. The molecule has 6 heteroatoms. The maximum atomic E-state index is 11.4. The Bertz CT molecular complexity index is 447. The van der Waals surface area contributed by atoms with E-state index in [0.29, 0.717) is 30.6 Å². The van der Waals surface area contributed by atoms with Crippen LogP contribution in [0.15, 0.2) is 4.52 Å². The van der Waals surface area contributed by atoms with Gasteiger partial charge in [0.2, 0.25) is 5.89 Å². The van der Waals surface area contributed by atoms with Gasteiger partial charge in [-0.3, -0.25) is 9.69 Å². The van der Waals surface area contributed by atoms with Crippen LogP contribution in [0.25, 0.3) is 0 Å². The Kier molecular flexibility index (Phi) is 5.11. The minimum Gasteiger partial charge on any atom is -0.480 e. The zero-order valence-electron chi connectivity index (χ0n) is 12.2. The normalized spacial score (nSPS) is 23.9. The van der Waals surface area contributed by atoms with Gasteiger partial charge in [0.25, 0.3) is 0 Å². The fourth-order valence-corrected chi connectivity index (χ4v) is 2.76. The van der Waals surface area contributed by atoms with Gasteiger partial charge in [-0.15, -0.1) is 0 Å². The van der Waals surface area contributed by atoms with E-state index in [1.54, 1.807) is 0 Å². The molecule has 2 rings (SSSR count). The van der Waals surface area contributed by atoms with Crippen LogP contribution in [0.4, 0.5) is 0 Å². The number of nitrogens with zero attached hydrogens (tertiary/aromatic N) is 3. The molecule has 1 aromatic rings. The van der Waals surface area contributed by atoms with Crippen molar-refractivity contribution in [3.05, 3.63) is 11.7 Å². The fourth-order valence-electron chi connectivity index (χ4n) is 2.76. The molecule has 20 heavy (non-hydrogen) atoms. The molecule has 0 aromatic carbocycles. The summed E-state index contributed by atoms with van der Waals surface area (Å²) < 4.78 is 5.15. The molecule has 0 radical (unpaired) electrons. The lowest BCUT2D eigenvalue weighted by atomic mass is 9.89. The molecule has 0 bridgehead atoms. The number of piperidine rings is 1. The summed E-state index contributed by atoms with van der Waals surface area (Å²) in [6.07, 6.45) is 4.53. The van der Waals surface area contributed by atoms with E-state index >= 15 is 0 Å². The van der Waals surface area contributed by atoms with Gasteiger partial charge >= 0.3 is 5.97 Å². The van der Waals surface area contributed by atoms with E-state index in [1.165, 1.54) is 0 Å². The first kappa shape index (κ1) is 15.0. The summed E-state index contributed by atoms with van der Waals surface area (Å²) in [5, 5.41) is 13.3. The van der Waals surface area contributed by atoms with Crippen LogP contribution in [0, 0.1) is 5.92 Å². The lowest BCUT2D eigenvalue weighted by molar-refractivity contribution is -0.145. The Hall–Kier alpha value is -1.43.